The number of rotatable bonds is 5. The Labute approximate surface area is 183 Å². The molecule has 4 rings (SSSR count). The Morgan fingerprint density at radius 2 is 1.77 bits per heavy atom. The van der Waals surface area contributed by atoms with Crippen LogP contribution in [-0.4, -0.2) is 49.4 Å². The summed E-state index contributed by atoms with van der Waals surface area (Å²) in [4.78, 5) is 15.7. The van der Waals surface area contributed by atoms with Crippen LogP contribution in [0.4, 0.5) is 0 Å². The van der Waals surface area contributed by atoms with Crippen LogP contribution in [0.1, 0.15) is 54.1 Å². The normalized spacial score (nSPS) is 25.5. The van der Waals surface area contributed by atoms with Crippen LogP contribution < -0.4 is 14.2 Å². The van der Waals surface area contributed by atoms with Crippen LogP contribution in [0, 0.1) is 5.92 Å². The molecule has 6 nitrogen and oxygen atoms in total. The average Bonchev–Trinajstić information content (AvgIpc) is 2.82. The summed E-state index contributed by atoms with van der Waals surface area (Å²) in [7, 11) is 4.83. The molecule has 2 fully saturated rings. The van der Waals surface area contributed by atoms with Crippen molar-refractivity contribution in [2.24, 2.45) is 5.92 Å². The molecule has 31 heavy (non-hydrogen) atoms. The monoisotopic (exact) mass is 425 g/mol. The Hall–Kier alpha value is -2.73. The average molecular weight is 426 g/mol. The quantitative estimate of drug-likeness (QED) is 0.777. The first-order valence-electron chi connectivity index (χ1n) is 10.9. The number of carbonyl (C=O) groups excluding carboxylic acids is 1. The van der Waals surface area contributed by atoms with Gasteiger partial charge < -0.3 is 24.2 Å². The summed E-state index contributed by atoms with van der Waals surface area (Å²) < 4.78 is 16.6. The Morgan fingerprint density at radius 3 is 2.52 bits per heavy atom. The molecule has 0 bridgehead atoms. The predicted molar refractivity (Wildman–Crippen MR) is 118 cm³/mol. The smallest absolute Gasteiger partial charge is 0.258 e. The molecule has 0 radical (unpaired) electrons. The zero-order chi connectivity index (χ0) is 22.0. The van der Waals surface area contributed by atoms with Gasteiger partial charge in [-0.1, -0.05) is 25.0 Å². The van der Waals surface area contributed by atoms with Crippen LogP contribution in [0.15, 0.2) is 42.5 Å². The van der Waals surface area contributed by atoms with Gasteiger partial charge in [0.1, 0.15) is 17.2 Å². The molecule has 0 aromatic heterocycles. The first-order chi connectivity index (χ1) is 15.0. The van der Waals surface area contributed by atoms with Crippen LogP contribution in [0.5, 0.6) is 17.2 Å². The minimum Gasteiger partial charge on any atom is -0.497 e. The van der Waals surface area contributed by atoms with Crippen molar-refractivity contribution in [3.05, 3.63) is 53.6 Å². The molecule has 2 aliphatic rings. The van der Waals surface area contributed by atoms with Crippen molar-refractivity contribution in [2.45, 2.75) is 43.7 Å². The highest BCUT2D eigenvalue weighted by Gasteiger charge is 2.51. The molecule has 1 saturated carbocycles. The molecule has 1 N–H and O–H groups in total. The molecule has 6 heteroatoms. The maximum Gasteiger partial charge on any atom is 0.258 e. The number of fused-ring (bicyclic) bond motifs is 1. The van der Waals surface area contributed by atoms with Crippen molar-refractivity contribution in [1.29, 1.82) is 0 Å². The number of piperidine rings is 1. The van der Waals surface area contributed by atoms with E-state index in [1.54, 1.807) is 33.5 Å². The van der Waals surface area contributed by atoms with E-state index < -0.39 is 5.60 Å². The fourth-order valence-corrected chi connectivity index (χ4v) is 5.34. The van der Waals surface area contributed by atoms with E-state index in [-0.39, 0.29) is 17.9 Å². The maximum absolute atomic E-state index is 13.8. The Kier molecular flexibility index (Phi) is 6.10. The van der Waals surface area contributed by atoms with Crippen LogP contribution in [0.3, 0.4) is 0 Å². The van der Waals surface area contributed by atoms with Gasteiger partial charge in [0, 0.05) is 18.0 Å². The summed E-state index contributed by atoms with van der Waals surface area (Å²) in [6, 6.07) is 12.6. The number of hydrogen-bond acceptors (Lipinski definition) is 5. The molecular weight excluding hydrogens is 394 g/mol. The molecule has 2 unspecified atom stereocenters. The van der Waals surface area contributed by atoms with Crippen LogP contribution in [-0.2, 0) is 0 Å². The number of para-hydroxylation sites is 1. The van der Waals surface area contributed by atoms with Crippen molar-refractivity contribution >= 4 is 5.91 Å². The predicted octanol–water partition coefficient (Wildman–Crippen LogP) is 4.22. The lowest BCUT2D eigenvalue weighted by Crippen LogP contribution is -2.56. The lowest BCUT2D eigenvalue weighted by molar-refractivity contribution is -0.115. The van der Waals surface area contributed by atoms with Crippen molar-refractivity contribution < 1.29 is 24.1 Å². The number of carbonyl (C=O) groups is 1. The van der Waals surface area contributed by atoms with E-state index in [1.165, 1.54) is 0 Å². The molecule has 1 heterocycles. The zero-order valence-electron chi connectivity index (χ0n) is 18.5. The van der Waals surface area contributed by atoms with Gasteiger partial charge in [0.25, 0.3) is 5.91 Å². The highest BCUT2D eigenvalue weighted by atomic mass is 16.5. The highest BCUT2D eigenvalue weighted by Crippen LogP contribution is 2.51. The van der Waals surface area contributed by atoms with E-state index >= 15 is 0 Å². The number of hydrogen-bond donors (Lipinski definition) is 1. The van der Waals surface area contributed by atoms with E-state index in [9.17, 15) is 9.90 Å². The van der Waals surface area contributed by atoms with Gasteiger partial charge in [0.2, 0.25) is 0 Å². The van der Waals surface area contributed by atoms with Crippen molar-refractivity contribution in [2.75, 3.05) is 27.9 Å². The van der Waals surface area contributed by atoms with Gasteiger partial charge in [-0.3, -0.25) is 4.79 Å². The largest absolute Gasteiger partial charge is 0.497 e. The molecular formula is C25H31NO5. The first kappa shape index (κ1) is 21.5. The van der Waals surface area contributed by atoms with Crippen LogP contribution in [0.2, 0.25) is 0 Å². The molecule has 1 saturated heterocycles. The van der Waals surface area contributed by atoms with E-state index in [1.807, 2.05) is 35.2 Å². The van der Waals surface area contributed by atoms with Gasteiger partial charge in [-0.05, 0) is 49.6 Å². The number of methoxy groups -OCH3 is 3. The highest BCUT2D eigenvalue weighted by molar-refractivity contribution is 5.97. The number of nitrogens with zero attached hydrogens (tertiary/aromatic N) is 1. The summed E-state index contributed by atoms with van der Waals surface area (Å²) in [6.45, 7) is 0.467. The van der Waals surface area contributed by atoms with Gasteiger partial charge in [-0.25, -0.2) is 0 Å². The van der Waals surface area contributed by atoms with Gasteiger partial charge in [-0.2, -0.15) is 0 Å². The number of amides is 1. The summed E-state index contributed by atoms with van der Waals surface area (Å²) in [5.74, 6) is 1.77. The number of ether oxygens (including phenoxy) is 3. The van der Waals surface area contributed by atoms with Crippen molar-refractivity contribution in [3.8, 4) is 17.2 Å². The fourth-order valence-electron chi connectivity index (χ4n) is 5.34. The summed E-state index contributed by atoms with van der Waals surface area (Å²) >= 11 is 0. The Bertz CT molecular complexity index is 945. The molecule has 1 aliphatic heterocycles. The van der Waals surface area contributed by atoms with Crippen LogP contribution in [0.25, 0.3) is 0 Å². The second-order valence-corrected chi connectivity index (χ2v) is 8.46. The van der Waals surface area contributed by atoms with Crippen molar-refractivity contribution in [1.82, 2.24) is 4.90 Å². The second-order valence-electron chi connectivity index (χ2n) is 8.46. The third kappa shape index (κ3) is 3.85. The molecule has 2 aromatic rings. The molecule has 1 amide bonds. The first-order valence-corrected chi connectivity index (χ1v) is 10.9. The number of aliphatic hydroxyl groups is 1. The molecule has 1 aliphatic carbocycles. The lowest BCUT2D eigenvalue weighted by Gasteiger charge is -2.52. The van der Waals surface area contributed by atoms with Gasteiger partial charge in [-0.15, -0.1) is 0 Å². The molecule has 2 aromatic carbocycles. The third-order valence-electron chi connectivity index (χ3n) is 6.92. The summed E-state index contributed by atoms with van der Waals surface area (Å²) in [6.07, 6.45) is 4.23. The topological polar surface area (TPSA) is 68.2 Å². The third-order valence-corrected chi connectivity index (χ3v) is 6.92. The Morgan fingerprint density at radius 1 is 1.00 bits per heavy atom. The van der Waals surface area contributed by atoms with Gasteiger partial charge >= 0.3 is 0 Å². The van der Waals surface area contributed by atoms with E-state index in [4.69, 9.17) is 14.2 Å². The SMILES string of the molecule is COc1ccc(OC)c([C@H]2C3CCCCC3(O)CCN2C(=O)c2ccccc2OC)c1. The summed E-state index contributed by atoms with van der Waals surface area (Å²) in [5.41, 5.74) is 0.613. The minimum absolute atomic E-state index is 0.0744. The standard InChI is InChI=1S/C25H31NO5/c1-29-17-11-12-22(31-3)19(16-17)23-20-9-6-7-13-25(20,28)14-15-26(23)24(27)18-8-4-5-10-21(18)30-2/h4-5,8,10-12,16,20,23,28H,6-7,9,13-15H2,1-3H3/t20?,23-,25?/m0/s1. The van der Waals surface area contributed by atoms with E-state index in [2.05, 4.69) is 0 Å². The fraction of sp³-hybridized carbons (Fsp3) is 0.480. The molecule has 3 atom stereocenters. The van der Waals surface area contributed by atoms with Crippen molar-refractivity contribution in [3.63, 3.8) is 0 Å². The number of likely N-dealkylation sites (tertiary alicyclic amines) is 1. The molecule has 0 spiro atoms. The van der Waals surface area contributed by atoms with Gasteiger partial charge in [0.15, 0.2) is 0 Å². The van der Waals surface area contributed by atoms with E-state index in [0.717, 1.165) is 31.2 Å². The number of benzene rings is 2. The van der Waals surface area contributed by atoms with E-state index in [0.29, 0.717) is 35.8 Å². The minimum atomic E-state index is -0.783. The lowest BCUT2D eigenvalue weighted by atomic mass is 9.66. The second kappa shape index (κ2) is 8.79. The Balaban J connectivity index is 1.84. The van der Waals surface area contributed by atoms with Crippen LogP contribution >= 0.6 is 0 Å². The maximum atomic E-state index is 13.8. The summed E-state index contributed by atoms with van der Waals surface area (Å²) in [5, 5.41) is 11.5. The molecule has 166 valence electrons. The zero-order valence-corrected chi connectivity index (χ0v) is 18.5. The van der Waals surface area contributed by atoms with Gasteiger partial charge in [0.05, 0.1) is 38.5 Å².